The van der Waals surface area contributed by atoms with Crippen LogP contribution in [0.3, 0.4) is 0 Å². The Kier molecular flexibility index (Phi) is 3.05. The lowest BCUT2D eigenvalue weighted by Gasteiger charge is -2.13. The molecule has 0 saturated heterocycles. The highest BCUT2D eigenvalue weighted by atomic mass is 35.5. The highest BCUT2D eigenvalue weighted by molar-refractivity contribution is 7.11. The molecule has 1 N–H and O–H groups in total. The number of nitrogens with zero attached hydrogens (tertiary/aromatic N) is 3. The third-order valence-electron chi connectivity index (χ3n) is 3.23. The van der Waals surface area contributed by atoms with Crippen molar-refractivity contribution in [3.05, 3.63) is 34.5 Å². The number of hydrogen-bond acceptors (Lipinski definition) is 5. The molecule has 3 rings (SSSR count). The van der Waals surface area contributed by atoms with Crippen molar-refractivity contribution in [3.8, 4) is 6.07 Å². The van der Waals surface area contributed by atoms with E-state index in [0.29, 0.717) is 10.6 Å². The molecule has 1 aromatic carbocycles. The molecule has 0 bridgehead atoms. The summed E-state index contributed by atoms with van der Waals surface area (Å²) >= 11 is 7.06. The Morgan fingerprint density at radius 2 is 2.37 bits per heavy atom. The summed E-state index contributed by atoms with van der Waals surface area (Å²) in [5.74, 6) is 0. The molecule has 2 aromatic rings. The van der Waals surface area contributed by atoms with Gasteiger partial charge in [0.25, 0.3) is 0 Å². The lowest BCUT2D eigenvalue weighted by atomic mass is 10.1. The second-order valence-electron chi connectivity index (χ2n) is 4.43. The third kappa shape index (κ3) is 2.14. The summed E-state index contributed by atoms with van der Waals surface area (Å²) in [6.07, 6.45) is 1.09. The van der Waals surface area contributed by atoms with Crippen molar-refractivity contribution in [1.82, 2.24) is 4.37 Å². The van der Waals surface area contributed by atoms with E-state index in [1.165, 1.54) is 22.8 Å². The largest absolute Gasteiger partial charge is 0.374 e. The van der Waals surface area contributed by atoms with Crippen molar-refractivity contribution in [1.29, 1.82) is 5.26 Å². The molecule has 4 nitrogen and oxygen atoms in total. The third-order valence-corrected chi connectivity index (χ3v) is 4.37. The summed E-state index contributed by atoms with van der Waals surface area (Å²) in [4.78, 5) is 2.23. The van der Waals surface area contributed by atoms with Gasteiger partial charge < -0.3 is 10.2 Å². The van der Waals surface area contributed by atoms with Gasteiger partial charge in [0.2, 0.25) is 0 Å². The Hall–Kier alpha value is -1.77. The number of aromatic nitrogens is 1. The van der Waals surface area contributed by atoms with Crippen molar-refractivity contribution >= 4 is 39.5 Å². The number of benzene rings is 1. The van der Waals surface area contributed by atoms with Gasteiger partial charge in [-0.25, -0.2) is 0 Å². The summed E-state index contributed by atoms with van der Waals surface area (Å²) in [5.41, 5.74) is 3.94. The zero-order valence-electron chi connectivity index (χ0n) is 10.3. The number of likely N-dealkylation sites (N-methyl/N-ethyl adjacent to an activating group) is 1. The predicted octanol–water partition coefficient (Wildman–Crippen LogP) is 3.40. The van der Waals surface area contributed by atoms with Gasteiger partial charge in [-0.15, -0.1) is 0 Å². The first kappa shape index (κ1) is 12.3. The van der Waals surface area contributed by atoms with E-state index < -0.39 is 0 Å². The van der Waals surface area contributed by atoms with Crippen LogP contribution in [-0.4, -0.2) is 18.0 Å². The second kappa shape index (κ2) is 4.72. The first-order chi connectivity index (χ1) is 9.19. The van der Waals surface area contributed by atoms with E-state index in [1.54, 1.807) is 0 Å². The van der Waals surface area contributed by atoms with Gasteiger partial charge in [0.15, 0.2) is 5.15 Å². The predicted molar refractivity (Wildman–Crippen MR) is 78.5 cm³/mol. The van der Waals surface area contributed by atoms with Crippen LogP contribution >= 0.6 is 23.1 Å². The van der Waals surface area contributed by atoms with E-state index in [-0.39, 0.29) is 5.15 Å². The number of anilines is 3. The number of hydrogen-bond donors (Lipinski definition) is 1. The number of nitriles is 1. The average molecular weight is 291 g/mol. The van der Waals surface area contributed by atoms with Gasteiger partial charge in [-0.2, -0.15) is 9.64 Å². The maximum Gasteiger partial charge on any atom is 0.162 e. The molecule has 0 fully saturated rings. The highest BCUT2D eigenvalue weighted by Crippen LogP contribution is 2.34. The molecule has 0 amide bonds. The molecule has 0 unspecified atom stereocenters. The minimum Gasteiger partial charge on any atom is -0.374 e. The first-order valence-corrected chi connectivity index (χ1v) is 7.00. The lowest BCUT2D eigenvalue weighted by molar-refractivity contribution is 0.956. The second-order valence-corrected chi connectivity index (χ2v) is 5.56. The first-order valence-electron chi connectivity index (χ1n) is 5.85. The molecule has 1 aromatic heterocycles. The quantitative estimate of drug-likeness (QED) is 0.921. The topological polar surface area (TPSA) is 52.0 Å². The summed E-state index contributed by atoms with van der Waals surface area (Å²) in [7, 11) is 2.08. The molecule has 0 radical (unpaired) electrons. The minimum atomic E-state index is 0.258. The molecule has 0 spiro atoms. The maximum absolute atomic E-state index is 9.05. The number of fused-ring (bicyclic) bond motifs is 1. The smallest absolute Gasteiger partial charge is 0.162 e. The summed E-state index contributed by atoms with van der Waals surface area (Å²) in [6.45, 7) is 1.05. The Labute approximate surface area is 120 Å². The van der Waals surface area contributed by atoms with E-state index in [9.17, 15) is 0 Å². The van der Waals surface area contributed by atoms with Crippen LogP contribution in [0.2, 0.25) is 5.15 Å². The normalized spacial score (nSPS) is 13.2. The fourth-order valence-corrected chi connectivity index (χ4v) is 3.16. The molecule has 1 aliphatic heterocycles. The van der Waals surface area contributed by atoms with E-state index in [4.69, 9.17) is 16.9 Å². The van der Waals surface area contributed by atoms with Gasteiger partial charge in [0.1, 0.15) is 16.6 Å². The summed E-state index contributed by atoms with van der Waals surface area (Å²) < 4.78 is 3.98. The number of rotatable bonds is 2. The van der Waals surface area contributed by atoms with Gasteiger partial charge in [-0.1, -0.05) is 17.7 Å². The SMILES string of the molecule is CN1CCc2ccc(Nc3snc(Cl)c3C#N)cc21. The number of halogens is 1. The molecular formula is C13H11ClN4S. The van der Waals surface area contributed by atoms with E-state index in [2.05, 4.69) is 39.8 Å². The van der Waals surface area contributed by atoms with Crippen LogP contribution in [0, 0.1) is 11.3 Å². The molecule has 1 aliphatic rings. The van der Waals surface area contributed by atoms with Crippen molar-refractivity contribution in [2.75, 3.05) is 23.8 Å². The van der Waals surface area contributed by atoms with E-state index in [0.717, 1.165) is 18.7 Å². The molecule has 0 atom stereocenters. The maximum atomic E-state index is 9.05. The molecule has 0 saturated carbocycles. The Bertz CT molecular complexity index is 674. The molecule has 19 heavy (non-hydrogen) atoms. The van der Waals surface area contributed by atoms with Crippen LogP contribution in [0.5, 0.6) is 0 Å². The fourth-order valence-electron chi connectivity index (χ4n) is 2.20. The zero-order valence-corrected chi connectivity index (χ0v) is 11.8. The summed E-state index contributed by atoms with van der Waals surface area (Å²) in [5, 5.41) is 13.2. The van der Waals surface area contributed by atoms with Gasteiger partial charge in [-0.05, 0) is 35.6 Å². The van der Waals surface area contributed by atoms with Crippen LogP contribution in [0.25, 0.3) is 0 Å². The molecule has 96 valence electrons. The van der Waals surface area contributed by atoms with Crippen LogP contribution in [0.4, 0.5) is 16.4 Å². The molecule has 6 heteroatoms. The van der Waals surface area contributed by atoms with Crippen LogP contribution in [0.15, 0.2) is 18.2 Å². The van der Waals surface area contributed by atoms with Crippen LogP contribution in [0.1, 0.15) is 11.1 Å². The minimum absolute atomic E-state index is 0.258. The van der Waals surface area contributed by atoms with Gasteiger partial charge in [0, 0.05) is 25.0 Å². The molecule has 2 heterocycles. The van der Waals surface area contributed by atoms with Crippen LogP contribution in [-0.2, 0) is 6.42 Å². The average Bonchev–Trinajstić information content (AvgIpc) is 2.94. The van der Waals surface area contributed by atoms with Gasteiger partial charge >= 0.3 is 0 Å². The summed E-state index contributed by atoms with van der Waals surface area (Å²) in [6, 6.07) is 8.30. The standard InChI is InChI=1S/C13H11ClN4S/c1-18-5-4-8-2-3-9(6-11(8)18)16-13-10(7-15)12(14)17-19-13/h2-3,6,16H,4-5H2,1H3. The highest BCUT2D eigenvalue weighted by Gasteiger charge is 2.17. The van der Waals surface area contributed by atoms with Crippen molar-refractivity contribution < 1.29 is 0 Å². The monoisotopic (exact) mass is 290 g/mol. The fraction of sp³-hybridized carbons (Fsp3) is 0.231. The Morgan fingerprint density at radius 3 is 3.16 bits per heavy atom. The van der Waals surface area contributed by atoms with Gasteiger partial charge in [0.05, 0.1) is 0 Å². The van der Waals surface area contributed by atoms with Gasteiger partial charge in [-0.3, -0.25) is 0 Å². The van der Waals surface area contributed by atoms with E-state index >= 15 is 0 Å². The Morgan fingerprint density at radius 1 is 1.53 bits per heavy atom. The van der Waals surface area contributed by atoms with Crippen molar-refractivity contribution in [3.63, 3.8) is 0 Å². The lowest BCUT2D eigenvalue weighted by Crippen LogP contribution is -2.12. The number of nitrogens with one attached hydrogen (secondary N) is 1. The van der Waals surface area contributed by atoms with Crippen LogP contribution < -0.4 is 10.2 Å². The van der Waals surface area contributed by atoms with Crippen molar-refractivity contribution in [2.24, 2.45) is 0 Å². The van der Waals surface area contributed by atoms with E-state index in [1.807, 2.05) is 6.07 Å². The Balaban J connectivity index is 1.92. The zero-order chi connectivity index (χ0) is 13.4. The van der Waals surface area contributed by atoms with Crippen molar-refractivity contribution in [2.45, 2.75) is 6.42 Å². The molecule has 0 aliphatic carbocycles. The molecular weight excluding hydrogens is 280 g/mol.